The van der Waals surface area contributed by atoms with Crippen LogP contribution in [0.5, 0.6) is 0 Å². The van der Waals surface area contributed by atoms with E-state index in [9.17, 15) is 8.42 Å². The van der Waals surface area contributed by atoms with Crippen LogP contribution in [0.4, 0.5) is 0 Å². The third-order valence-electron chi connectivity index (χ3n) is 3.47. The first-order chi connectivity index (χ1) is 9.90. The van der Waals surface area contributed by atoms with Crippen LogP contribution in [-0.2, 0) is 16.4 Å². The second-order valence-electron chi connectivity index (χ2n) is 5.29. The van der Waals surface area contributed by atoms with Gasteiger partial charge in [0.05, 0.1) is 11.1 Å². The van der Waals surface area contributed by atoms with E-state index in [4.69, 9.17) is 0 Å². The first-order valence-corrected chi connectivity index (χ1v) is 8.44. The maximum Gasteiger partial charge on any atom is 0.240 e. The smallest absolute Gasteiger partial charge is 0.240 e. The summed E-state index contributed by atoms with van der Waals surface area (Å²) in [5.74, 6) is 0. The Bertz CT molecular complexity index is 720. The molecule has 5 nitrogen and oxygen atoms in total. The quantitative estimate of drug-likeness (QED) is 0.804. The van der Waals surface area contributed by atoms with Gasteiger partial charge < -0.3 is 0 Å². The first kappa shape index (κ1) is 15.7. The number of aromatic nitrogens is 2. The molecule has 21 heavy (non-hydrogen) atoms. The minimum Gasteiger partial charge on any atom is -0.283 e. The number of nitrogens with zero attached hydrogens (tertiary/aromatic N) is 1. The Labute approximate surface area is 125 Å². The summed E-state index contributed by atoms with van der Waals surface area (Å²) < 4.78 is 27.2. The number of sulfonamides is 1. The Balaban J connectivity index is 1.94. The maximum absolute atomic E-state index is 12.3. The highest BCUT2D eigenvalue weighted by Crippen LogP contribution is 2.16. The molecular weight excluding hydrogens is 286 g/mol. The molecule has 0 atom stereocenters. The summed E-state index contributed by atoms with van der Waals surface area (Å²) in [6.45, 7) is 6.14. The Morgan fingerprint density at radius 3 is 2.62 bits per heavy atom. The molecule has 0 amide bonds. The summed E-state index contributed by atoms with van der Waals surface area (Å²) in [4.78, 5) is 0.354. The van der Waals surface area contributed by atoms with Gasteiger partial charge in [-0.2, -0.15) is 5.10 Å². The van der Waals surface area contributed by atoms with Crippen LogP contribution >= 0.6 is 0 Å². The van der Waals surface area contributed by atoms with Crippen molar-refractivity contribution in [1.29, 1.82) is 0 Å². The van der Waals surface area contributed by atoms with Crippen molar-refractivity contribution >= 4 is 10.0 Å². The molecule has 0 spiro atoms. The number of benzene rings is 1. The average molecular weight is 307 g/mol. The molecule has 2 N–H and O–H groups in total. The lowest BCUT2D eigenvalue weighted by molar-refractivity contribution is 0.578. The lowest BCUT2D eigenvalue weighted by Crippen LogP contribution is -2.25. The molecule has 114 valence electrons. The number of nitrogens with one attached hydrogen (secondary N) is 2. The van der Waals surface area contributed by atoms with Crippen molar-refractivity contribution < 1.29 is 8.42 Å². The van der Waals surface area contributed by atoms with Gasteiger partial charge in [0.25, 0.3) is 0 Å². The van der Waals surface area contributed by atoms with Crippen molar-refractivity contribution in [2.75, 3.05) is 6.54 Å². The summed E-state index contributed by atoms with van der Waals surface area (Å²) in [6.07, 6.45) is 3.33. The summed E-state index contributed by atoms with van der Waals surface area (Å²) in [6, 6.07) is 5.35. The molecule has 0 aliphatic rings. The van der Waals surface area contributed by atoms with E-state index < -0.39 is 10.0 Å². The molecule has 0 saturated carbocycles. The summed E-state index contributed by atoms with van der Waals surface area (Å²) in [5, 5.41) is 6.83. The molecule has 1 aromatic carbocycles. The third kappa shape index (κ3) is 3.92. The third-order valence-corrected chi connectivity index (χ3v) is 5.09. The molecule has 1 aromatic heterocycles. The Morgan fingerprint density at radius 1 is 1.24 bits per heavy atom. The molecule has 0 fully saturated rings. The standard InChI is InChI=1S/C15H21N3O2S/c1-11-6-7-15(12(2)9-11)21(19,20)17-8-4-5-14-10-16-18-13(14)3/h6-7,9-10,17H,4-5,8H2,1-3H3,(H,16,18). The molecular formula is C15H21N3O2S. The van der Waals surface area contributed by atoms with Crippen molar-refractivity contribution in [3.63, 3.8) is 0 Å². The van der Waals surface area contributed by atoms with Gasteiger partial charge in [-0.15, -0.1) is 0 Å². The zero-order chi connectivity index (χ0) is 15.5. The fraction of sp³-hybridized carbons (Fsp3) is 0.400. The fourth-order valence-corrected chi connectivity index (χ4v) is 3.59. The maximum atomic E-state index is 12.3. The van der Waals surface area contributed by atoms with Crippen molar-refractivity contribution in [2.24, 2.45) is 0 Å². The molecule has 0 bridgehead atoms. The minimum absolute atomic E-state index is 0.354. The lowest BCUT2D eigenvalue weighted by atomic mass is 10.1. The Hall–Kier alpha value is -1.66. The van der Waals surface area contributed by atoms with Gasteiger partial charge in [-0.05, 0) is 50.8 Å². The van der Waals surface area contributed by atoms with Crippen LogP contribution < -0.4 is 4.72 Å². The van der Waals surface area contributed by atoms with Crippen molar-refractivity contribution in [3.8, 4) is 0 Å². The molecule has 6 heteroatoms. The molecule has 2 aromatic rings. The molecule has 0 aliphatic heterocycles. The molecule has 2 rings (SSSR count). The van der Waals surface area contributed by atoms with E-state index in [0.717, 1.165) is 35.2 Å². The fourth-order valence-electron chi connectivity index (χ4n) is 2.29. The second kappa shape index (κ2) is 6.41. The lowest BCUT2D eigenvalue weighted by Gasteiger charge is -2.09. The van der Waals surface area contributed by atoms with E-state index in [1.807, 2.05) is 32.9 Å². The number of hydrogen-bond acceptors (Lipinski definition) is 3. The molecule has 0 unspecified atom stereocenters. The predicted octanol–water partition coefficient (Wildman–Crippen LogP) is 2.25. The predicted molar refractivity (Wildman–Crippen MR) is 82.8 cm³/mol. The van der Waals surface area contributed by atoms with E-state index in [-0.39, 0.29) is 0 Å². The van der Waals surface area contributed by atoms with Crippen LogP contribution in [0.15, 0.2) is 29.3 Å². The molecule has 1 heterocycles. The Kier molecular flexibility index (Phi) is 4.80. The minimum atomic E-state index is -3.43. The van der Waals surface area contributed by atoms with Crippen LogP contribution in [-0.4, -0.2) is 25.2 Å². The normalized spacial score (nSPS) is 11.8. The van der Waals surface area contributed by atoms with Crippen LogP contribution in [0.25, 0.3) is 0 Å². The summed E-state index contributed by atoms with van der Waals surface area (Å²) >= 11 is 0. The Morgan fingerprint density at radius 2 is 2.00 bits per heavy atom. The van der Waals surface area contributed by atoms with E-state index in [2.05, 4.69) is 14.9 Å². The van der Waals surface area contributed by atoms with Gasteiger partial charge in [-0.25, -0.2) is 13.1 Å². The van der Waals surface area contributed by atoms with Crippen LogP contribution in [0.2, 0.25) is 0 Å². The first-order valence-electron chi connectivity index (χ1n) is 6.96. The number of aromatic amines is 1. The molecule has 0 radical (unpaired) electrons. The largest absolute Gasteiger partial charge is 0.283 e. The van der Waals surface area contributed by atoms with E-state index in [0.29, 0.717) is 11.4 Å². The highest BCUT2D eigenvalue weighted by molar-refractivity contribution is 7.89. The van der Waals surface area contributed by atoms with Gasteiger partial charge in [0.1, 0.15) is 0 Å². The SMILES string of the molecule is Cc1ccc(S(=O)(=O)NCCCc2cn[nH]c2C)c(C)c1. The van der Waals surface area contributed by atoms with Crippen LogP contribution in [0.3, 0.4) is 0 Å². The van der Waals surface area contributed by atoms with Crippen molar-refractivity contribution in [2.45, 2.75) is 38.5 Å². The van der Waals surface area contributed by atoms with Gasteiger partial charge in [0.15, 0.2) is 0 Å². The van der Waals surface area contributed by atoms with Crippen LogP contribution in [0, 0.1) is 20.8 Å². The van der Waals surface area contributed by atoms with Crippen molar-refractivity contribution in [1.82, 2.24) is 14.9 Å². The number of hydrogen-bond donors (Lipinski definition) is 2. The summed E-state index contributed by atoms with van der Waals surface area (Å²) in [7, 11) is -3.43. The van der Waals surface area contributed by atoms with Gasteiger partial charge in [-0.1, -0.05) is 17.7 Å². The number of rotatable bonds is 6. The van der Waals surface area contributed by atoms with Crippen LogP contribution in [0.1, 0.15) is 28.8 Å². The molecule has 0 saturated heterocycles. The average Bonchev–Trinajstić information content (AvgIpc) is 2.80. The zero-order valence-corrected chi connectivity index (χ0v) is 13.4. The van der Waals surface area contributed by atoms with Gasteiger partial charge >= 0.3 is 0 Å². The van der Waals surface area contributed by atoms with Crippen molar-refractivity contribution in [3.05, 3.63) is 46.8 Å². The zero-order valence-electron chi connectivity index (χ0n) is 12.6. The molecule has 0 aliphatic carbocycles. The monoisotopic (exact) mass is 307 g/mol. The second-order valence-corrected chi connectivity index (χ2v) is 7.03. The van der Waals surface area contributed by atoms with E-state index in [1.54, 1.807) is 12.3 Å². The summed E-state index contributed by atoms with van der Waals surface area (Å²) in [5.41, 5.74) is 3.99. The highest BCUT2D eigenvalue weighted by Gasteiger charge is 2.15. The van der Waals surface area contributed by atoms with E-state index in [1.165, 1.54) is 0 Å². The number of H-pyrrole nitrogens is 1. The van der Waals surface area contributed by atoms with Gasteiger partial charge in [0.2, 0.25) is 10.0 Å². The van der Waals surface area contributed by atoms with E-state index >= 15 is 0 Å². The topological polar surface area (TPSA) is 74.8 Å². The highest BCUT2D eigenvalue weighted by atomic mass is 32.2. The van der Waals surface area contributed by atoms with Gasteiger partial charge in [-0.3, -0.25) is 5.10 Å². The van der Waals surface area contributed by atoms with Gasteiger partial charge in [0, 0.05) is 12.2 Å². The number of aryl methyl sites for hydroxylation is 4.